The summed E-state index contributed by atoms with van der Waals surface area (Å²) in [6, 6.07) is 31.5. The predicted molar refractivity (Wildman–Crippen MR) is 153 cm³/mol. The molecule has 0 N–H and O–H groups in total. The van der Waals surface area contributed by atoms with Crippen LogP contribution >= 0.6 is 0 Å². The highest BCUT2D eigenvalue weighted by Crippen LogP contribution is 2.30. The Balaban J connectivity index is 1.31. The topological polar surface area (TPSA) is 57.2 Å². The van der Waals surface area contributed by atoms with E-state index in [0.717, 1.165) is 22.3 Å². The lowest BCUT2D eigenvalue weighted by atomic mass is 10.1. The molecule has 0 fully saturated rings. The number of carbonyl (C=O) groups excluding carboxylic acids is 1. The highest BCUT2D eigenvalue weighted by atomic mass is 16.5. The molecule has 0 aliphatic carbocycles. The molecule has 0 unspecified atom stereocenters. The van der Waals surface area contributed by atoms with Crippen LogP contribution in [-0.2, 0) is 30.8 Å². The first kappa shape index (κ1) is 27.6. The minimum Gasteiger partial charge on any atom is -0.493 e. The molecule has 4 rings (SSSR count). The van der Waals surface area contributed by atoms with Gasteiger partial charge < -0.3 is 23.8 Å². The smallest absolute Gasteiger partial charge is 0.226 e. The van der Waals surface area contributed by atoms with Crippen molar-refractivity contribution in [1.29, 1.82) is 0 Å². The van der Waals surface area contributed by atoms with Gasteiger partial charge >= 0.3 is 0 Å². The molecule has 1 amide bonds. The number of methoxy groups -OCH3 is 2. The molecular weight excluding hydrogens is 490 g/mol. The standard InChI is InChI=1S/C33H35NO5/c1-34(19-18-25-14-17-30(31(20-25)37-3)38-23-26-10-6-4-7-11-26)33(35)22-28-15-16-29(36-2)32(21-28)39-24-27-12-8-5-9-13-27/h4-17,20-21H,18-19,22-24H2,1-3H3. The number of likely N-dealkylation sites (N-methyl/N-ethyl adjacent to an activating group) is 1. The van der Waals surface area contributed by atoms with Crippen molar-refractivity contribution in [2.45, 2.75) is 26.1 Å². The summed E-state index contributed by atoms with van der Waals surface area (Å²) in [6.45, 7) is 1.48. The van der Waals surface area contributed by atoms with Crippen LogP contribution in [0.4, 0.5) is 0 Å². The molecule has 0 aliphatic rings. The largest absolute Gasteiger partial charge is 0.493 e. The van der Waals surface area contributed by atoms with Crippen LogP contribution in [0.3, 0.4) is 0 Å². The lowest BCUT2D eigenvalue weighted by molar-refractivity contribution is -0.129. The lowest BCUT2D eigenvalue weighted by Crippen LogP contribution is -2.30. The van der Waals surface area contributed by atoms with Crippen LogP contribution in [0, 0.1) is 0 Å². The predicted octanol–water partition coefficient (Wildman–Crippen LogP) is 6.11. The lowest BCUT2D eigenvalue weighted by Gasteiger charge is -2.19. The second kappa shape index (κ2) is 13.9. The third-order valence-corrected chi connectivity index (χ3v) is 6.45. The van der Waals surface area contributed by atoms with Crippen molar-refractivity contribution in [3.8, 4) is 23.0 Å². The van der Waals surface area contributed by atoms with Gasteiger partial charge in [0, 0.05) is 13.6 Å². The summed E-state index contributed by atoms with van der Waals surface area (Å²) in [5.74, 6) is 2.67. The maximum Gasteiger partial charge on any atom is 0.226 e. The number of ether oxygens (including phenoxy) is 4. The first-order chi connectivity index (χ1) is 19.1. The molecule has 6 nitrogen and oxygen atoms in total. The van der Waals surface area contributed by atoms with Crippen molar-refractivity contribution in [2.24, 2.45) is 0 Å². The van der Waals surface area contributed by atoms with Gasteiger partial charge in [-0.15, -0.1) is 0 Å². The number of hydrogen-bond acceptors (Lipinski definition) is 5. The van der Waals surface area contributed by atoms with E-state index in [9.17, 15) is 4.79 Å². The molecule has 4 aromatic rings. The molecule has 6 heteroatoms. The fourth-order valence-corrected chi connectivity index (χ4v) is 4.13. The Morgan fingerprint density at radius 2 is 1.15 bits per heavy atom. The molecule has 0 atom stereocenters. The Bertz CT molecular complexity index is 1340. The first-order valence-corrected chi connectivity index (χ1v) is 13.0. The maximum absolute atomic E-state index is 13.0. The SMILES string of the molecule is COc1cc(CCN(C)C(=O)Cc2ccc(OC)c(OCc3ccccc3)c2)ccc1OCc1ccccc1. The van der Waals surface area contributed by atoms with Gasteiger partial charge in [-0.05, 0) is 52.9 Å². The van der Waals surface area contributed by atoms with Crippen LogP contribution in [0.5, 0.6) is 23.0 Å². The fraction of sp³-hybridized carbons (Fsp3) is 0.242. The monoisotopic (exact) mass is 525 g/mol. The van der Waals surface area contributed by atoms with Gasteiger partial charge in [-0.2, -0.15) is 0 Å². The number of carbonyl (C=O) groups is 1. The molecule has 202 valence electrons. The molecule has 4 aromatic carbocycles. The van der Waals surface area contributed by atoms with E-state index >= 15 is 0 Å². The Hall–Kier alpha value is -4.45. The summed E-state index contributed by atoms with van der Waals surface area (Å²) >= 11 is 0. The van der Waals surface area contributed by atoms with Crippen LogP contribution in [0.2, 0.25) is 0 Å². The van der Waals surface area contributed by atoms with E-state index in [1.807, 2.05) is 104 Å². The number of rotatable bonds is 13. The molecule has 0 aromatic heterocycles. The van der Waals surface area contributed by atoms with Gasteiger partial charge in [0.25, 0.3) is 0 Å². The van der Waals surface area contributed by atoms with Crippen LogP contribution in [-0.4, -0.2) is 38.6 Å². The average molecular weight is 526 g/mol. The van der Waals surface area contributed by atoms with Gasteiger partial charge in [0.05, 0.1) is 20.6 Å². The summed E-state index contributed by atoms with van der Waals surface area (Å²) < 4.78 is 23.0. The van der Waals surface area contributed by atoms with Crippen molar-refractivity contribution in [2.75, 3.05) is 27.8 Å². The van der Waals surface area contributed by atoms with Crippen molar-refractivity contribution < 1.29 is 23.7 Å². The van der Waals surface area contributed by atoms with Crippen molar-refractivity contribution >= 4 is 5.91 Å². The van der Waals surface area contributed by atoms with Crippen molar-refractivity contribution in [3.05, 3.63) is 119 Å². The van der Waals surface area contributed by atoms with E-state index in [1.165, 1.54) is 0 Å². The summed E-state index contributed by atoms with van der Waals surface area (Å²) in [6.07, 6.45) is 0.976. The third-order valence-electron chi connectivity index (χ3n) is 6.45. The highest BCUT2D eigenvalue weighted by molar-refractivity contribution is 5.78. The third kappa shape index (κ3) is 8.01. The number of amides is 1. The number of nitrogens with zero attached hydrogens (tertiary/aromatic N) is 1. The molecule has 0 heterocycles. The van der Waals surface area contributed by atoms with Gasteiger partial charge in [0.2, 0.25) is 5.91 Å². The van der Waals surface area contributed by atoms with Gasteiger partial charge in [-0.3, -0.25) is 4.79 Å². The summed E-state index contributed by atoms with van der Waals surface area (Å²) in [5, 5.41) is 0. The molecular formula is C33H35NO5. The molecule has 0 aliphatic heterocycles. The summed E-state index contributed by atoms with van der Waals surface area (Å²) in [4.78, 5) is 14.7. The van der Waals surface area contributed by atoms with E-state index < -0.39 is 0 Å². The average Bonchev–Trinajstić information content (AvgIpc) is 2.99. The molecule has 0 radical (unpaired) electrons. The summed E-state index contributed by atoms with van der Waals surface area (Å²) in [5.41, 5.74) is 4.10. The zero-order valence-electron chi connectivity index (χ0n) is 22.8. The van der Waals surface area contributed by atoms with Crippen molar-refractivity contribution in [3.63, 3.8) is 0 Å². The number of benzene rings is 4. The quantitative estimate of drug-likeness (QED) is 0.211. The molecule has 0 bridgehead atoms. The minimum atomic E-state index is 0.0314. The van der Waals surface area contributed by atoms with E-state index in [1.54, 1.807) is 19.1 Å². The van der Waals surface area contributed by atoms with Crippen molar-refractivity contribution in [1.82, 2.24) is 4.90 Å². The van der Waals surface area contributed by atoms with Crippen LogP contribution in [0.15, 0.2) is 97.1 Å². The zero-order chi connectivity index (χ0) is 27.5. The Kier molecular flexibility index (Phi) is 9.84. The van der Waals surface area contributed by atoms with Crippen LogP contribution in [0.1, 0.15) is 22.3 Å². The van der Waals surface area contributed by atoms with Gasteiger partial charge in [-0.1, -0.05) is 72.8 Å². The molecule has 0 spiro atoms. The van der Waals surface area contributed by atoms with Gasteiger partial charge in [-0.25, -0.2) is 0 Å². The molecule has 0 saturated carbocycles. The van der Waals surface area contributed by atoms with E-state index in [0.29, 0.717) is 49.2 Å². The molecule has 0 saturated heterocycles. The van der Waals surface area contributed by atoms with E-state index in [-0.39, 0.29) is 12.3 Å². The van der Waals surface area contributed by atoms with E-state index in [4.69, 9.17) is 18.9 Å². The fourth-order valence-electron chi connectivity index (χ4n) is 4.13. The molecule has 39 heavy (non-hydrogen) atoms. The maximum atomic E-state index is 13.0. The number of hydrogen-bond donors (Lipinski definition) is 0. The Morgan fingerprint density at radius 1 is 0.615 bits per heavy atom. The van der Waals surface area contributed by atoms with Gasteiger partial charge in [0.15, 0.2) is 23.0 Å². The second-order valence-electron chi connectivity index (χ2n) is 9.26. The van der Waals surface area contributed by atoms with Crippen LogP contribution < -0.4 is 18.9 Å². The van der Waals surface area contributed by atoms with Crippen LogP contribution in [0.25, 0.3) is 0 Å². The van der Waals surface area contributed by atoms with Gasteiger partial charge in [0.1, 0.15) is 13.2 Å². The second-order valence-corrected chi connectivity index (χ2v) is 9.26. The zero-order valence-corrected chi connectivity index (χ0v) is 22.8. The Labute approximate surface area is 230 Å². The Morgan fingerprint density at radius 3 is 1.77 bits per heavy atom. The summed E-state index contributed by atoms with van der Waals surface area (Å²) in [7, 11) is 5.07. The minimum absolute atomic E-state index is 0.0314. The van der Waals surface area contributed by atoms with E-state index in [2.05, 4.69) is 0 Å². The highest BCUT2D eigenvalue weighted by Gasteiger charge is 2.14. The normalized spacial score (nSPS) is 10.5. The first-order valence-electron chi connectivity index (χ1n) is 13.0.